The Hall–Kier alpha value is -2.33. The van der Waals surface area contributed by atoms with Gasteiger partial charge in [0.1, 0.15) is 15.8 Å². The third-order valence-electron chi connectivity index (χ3n) is 5.82. The van der Waals surface area contributed by atoms with Crippen LogP contribution in [0.2, 0.25) is 20.1 Å². The van der Waals surface area contributed by atoms with E-state index >= 15 is 0 Å². The minimum atomic E-state index is -1.48. The van der Waals surface area contributed by atoms with E-state index in [0.717, 1.165) is 19.1 Å². The smallest absolute Gasteiger partial charge is 0.257 e. The third-order valence-corrected chi connectivity index (χ3v) is 8.29. The molecule has 3 amide bonds. The van der Waals surface area contributed by atoms with Gasteiger partial charge in [-0.1, -0.05) is 46.4 Å². The molecular formula is C25H15Cl6F2N3O3. The summed E-state index contributed by atoms with van der Waals surface area (Å²) in [6.45, 7) is 1.14. The summed E-state index contributed by atoms with van der Waals surface area (Å²) in [6, 6.07) is 8.84. The number of anilines is 3. The zero-order chi connectivity index (χ0) is 28.8. The Labute approximate surface area is 250 Å². The van der Waals surface area contributed by atoms with Gasteiger partial charge in [-0.15, -0.1) is 23.2 Å². The van der Waals surface area contributed by atoms with Gasteiger partial charge in [0.05, 0.1) is 37.3 Å². The summed E-state index contributed by atoms with van der Waals surface area (Å²) in [6.07, 6.45) is 0. The Bertz CT molecular complexity index is 1510. The fourth-order valence-corrected chi connectivity index (χ4v) is 5.60. The SMILES string of the molecule is CC(=O)Nc1ccc(F)c(NC(=O)c2cc(NC(=O)[C@H]3[C@H](c4cc(Cl)c(Cl)c(Cl)c4)C3(Cl)Cl)ccc2Cl)c1F. The molecule has 3 aromatic carbocycles. The number of amides is 3. The number of benzene rings is 3. The zero-order valence-electron chi connectivity index (χ0n) is 19.4. The van der Waals surface area contributed by atoms with Crippen LogP contribution in [0, 0.1) is 17.6 Å². The number of nitrogens with one attached hydrogen (secondary N) is 3. The molecule has 1 fully saturated rings. The maximum Gasteiger partial charge on any atom is 0.257 e. The lowest BCUT2D eigenvalue weighted by Crippen LogP contribution is -2.19. The van der Waals surface area contributed by atoms with Gasteiger partial charge in [-0.3, -0.25) is 14.4 Å². The molecule has 4 rings (SSSR count). The number of hydrogen-bond acceptors (Lipinski definition) is 3. The van der Waals surface area contributed by atoms with E-state index in [4.69, 9.17) is 69.6 Å². The molecule has 39 heavy (non-hydrogen) atoms. The quantitative estimate of drug-likeness (QED) is 0.184. The molecule has 0 spiro atoms. The fraction of sp³-hybridized carbons (Fsp3) is 0.160. The summed E-state index contributed by atoms with van der Waals surface area (Å²) in [4.78, 5) is 37.2. The summed E-state index contributed by atoms with van der Waals surface area (Å²) < 4.78 is 27.6. The van der Waals surface area contributed by atoms with Crippen molar-refractivity contribution in [3.05, 3.63) is 85.3 Å². The molecule has 2 atom stereocenters. The van der Waals surface area contributed by atoms with Gasteiger partial charge >= 0.3 is 0 Å². The first kappa shape index (κ1) is 29.6. The predicted molar refractivity (Wildman–Crippen MR) is 151 cm³/mol. The molecular weight excluding hydrogens is 641 g/mol. The van der Waals surface area contributed by atoms with Crippen molar-refractivity contribution in [3.8, 4) is 0 Å². The molecule has 14 heteroatoms. The second-order valence-electron chi connectivity index (χ2n) is 8.53. The number of carbonyl (C=O) groups excluding carboxylic acids is 3. The van der Waals surface area contributed by atoms with Crippen molar-refractivity contribution < 1.29 is 23.2 Å². The van der Waals surface area contributed by atoms with Crippen molar-refractivity contribution in [2.24, 2.45) is 5.92 Å². The second kappa shape index (κ2) is 11.3. The van der Waals surface area contributed by atoms with Crippen LogP contribution in [0.1, 0.15) is 28.8 Å². The highest BCUT2D eigenvalue weighted by Gasteiger charge is 2.67. The topological polar surface area (TPSA) is 87.3 Å². The van der Waals surface area contributed by atoms with E-state index in [0.29, 0.717) is 5.56 Å². The van der Waals surface area contributed by atoms with Crippen molar-refractivity contribution in [1.82, 2.24) is 0 Å². The molecule has 3 aromatic rings. The first-order valence-corrected chi connectivity index (χ1v) is 13.2. The molecule has 0 heterocycles. The van der Waals surface area contributed by atoms with Crippen molar-refractivity contribution >= 4 is 104 Å². The van der Waals surface area contributed by atoms with Crippen LogP contribution < -0.4 is 16.0 Å². The average molecular weight is 656 g/mol. The van der Waals surface area contributed by atoms with E-state index in [2.05, 4.69) is 16.0 Å². The predicted octanol–water partition coefficient (Wildman–Crippen LogP) is 8.32. The fourth-order valence-electron chi connectivity index (χ4n) is 3.95. The summed E-state index contributed by atoms with van der Waals surface area (Å²) >= 11 is 37.1. The normalized spacial score (nSPS) is 17.4. The van der Waals surface area contributed by atoms with Crippen molar-refractivity contribution in [1.29, 1.82) is 0 Å². The van der Waals surface area contributed by atoms with Crippen molar-refractivity contribution in [2.75, 3.05) is 16.0 Å². The van der Waals surface area contributed by atoms with Crippen molar-refractivity contribution in [3.63, 3.8) is 0 Å². The molecule has 0 radical (unpaired) electrons. The number of alkyl halides is 2. The van der Waals surface area contributed by atoms with Gasteiger partial charge in [-0.05, 0) is 48.0 Å². The molecule has 204 valence electrons. The number of halogens is 8. The maximum atomic E-state index is 14.7. The zero-order valence-corrected chi connectivity index (χ0v) is 24.0. The molecule has 1 aliphatic rings. The molecule has 0 bridgehead atoms. The number of carbonyl (C=O) groups is 3. The first-order valence-electron chi connectivity index (χ1n) is 10.9. The van der Waals surface area contributed by atoms with E-state index < -0.39 is 51.2 Å². The summed E-state index contributed by atoms with van der Waals surface area (Å²) in [5, 5.41) is 7.32. The minimum Gasteiger partial charge on any atom is -0.326 e. The van der Waals surface area contributed by atoms with Gasteiger partial charge in [0.2, 0.25) is 11.8 Å². The van der Waals surface area contributed by atoms with Gasteiger partial charge in [0.25, 0.3) is 5.91 Å². The third kappa shape index (κ3) is 6.06. The Morgan fingerprint density at radius 3 is 2.10 bits per heavy atom. The highest BCUT2D eigenvalue weighted by atomic mass is 35.5. The monoisotopic (exact) mass is 653 g/mol. The summed E-state index contributed by atoms with van der Waals surface area (Å²) in [7, 11) is 0. The molecule has 3 N–H and O–H groups in total. The van der Waals surface area contributed by atoms with E-state index in [1.807, 2.05) is 0 Å². The second-order valence-corrected chi connectivity index (χ2v) is 11.6. The van der Waals surface area contributed by atoms with Gasteiger partial charge in [0.15, 0.2) is 5.82 Å². The van der Waals surface area contributed by atoms with Crippen LogP contribution in [0.15, 0.2) is 42.5 Å². The molecule has 0 aliphatic heterocycles. The molecule has 1 aliphatic carbocycles. The maximum absolute atomic E-state index is 14.7. The van der Waals surface area contributed by atoms with Gasteiger partial charge in [-0.2, -0.15) is 0 Å². The van der Waals surface area contributed by atoms with Crippen LogP contribution in [0.3, 0.4) is 0 Å². The summed E-state index contributed by atoms with van der Waals surface area (Å²) in [5.74, 6) is -6.01. The Morgan fingerprint density at radius 2 is 1.49 bits per heavy atom. The Balaban J connectivity index is 1.54. The van der Waals surface area contributed by atoms with Crippen LogP contribution in [-0.4, -0.2) is 22.1 Å². The van der Waals surface area contributed by atoms with E-state index in [-0.39, 0.29) is 37.0 Å². The first-order chi connectivity index (χ1) is 18.2. The Morgan fingerprint density at radius 1 is 0.846 bits per heavy atom. The standard InChI is InChI=1S/C25H15Cl6F2N3O3/c1-9(37)34-17-5-4-16(32)22(21(17)33)36-23(38)12-8-11(2-3-13(12)26)35-24(39)19-18(25(19,30)31)10-6-14(27)20(29)15(28)7-10/h2-8,18-19H,1H3,(H,34,37)(H,35,39)(H,36,38)/t18-,19+/m0/s1. The lowest BCUT2D eigenvalue weighted by Gasteiger charge is -2.13. The van der Waals surface area contributed by atoms with E-state index in [1.54, 1.807) is 0 Å². The lowest BCUT2D eigenvalue weighted by molar-refractivity contribution is -0.117. The van der Waals surface area contributed by atoms with Crippen LogP contribution in [0.5, 0.6) is 0 Å². The van der Waals surface area contributed by atoms with Gasteiger partial charge in [0, 0.05) is 18.5 Å². The van der Waals surface area contributed by atoms with Crippen LogP contribution in [0.4, 0.5) is 25.8 Å². The molecule has 0 aromatic heterocycles. The highest BCUT2D eigenvalue weighted by molar-refractivity contribution is 6.54. The van der Waals surface area contributed by atoms with Gasteiger partial charge < -0.3 is 16.0 Å². The van der Waals surface area contributed by atoms with E-state index in [9.17, 15) is 23.2 Å². The van der Waals surface area contributed by atoms with Crippen LogP contribution in [-0.2, 0) is 9.59 Å². The minimum absolute atomic E-state index is 0.0666. The largest absolute Gasteiger partial charge is 0.326 e. The number of rotatable bonds is 6. The molecule has 1 saturated carbocycles. The molecule has 6 nitrogen and oxygen atoms in total. The lowest BCUT2D eigenvalue weighted by atomic mass is 10.1. The molecule has 0 saturated heterocycles. The van der Waals surface area contributed by atoms with Crippen LogP contribution >= 0.6 is 69.6 Å². The summed E-state index contributed by atoms with van der Waals surface area (Å²) in [5.41, 5.74) is -0.707. The van der Waals surface area contributed by atoms with Crippen LogP contribution in [0.25, 0.3) is 0 Å². The number of hydrogen-bond donors (Lipinski definition) is 3. The van der Waals surface area contributed by atoms with E-state index in [1.165, 1.54) is 30.3 Å². The van der Waals surface area contributed by atoms with Gasteiger partial charge in [-0.25, -0.2) is 8.78 Å². The highest BCUT2D eigenvalue weighted by Crippen LogP contribution is 2.65. The average Bonchev–Trinajstić information content (AvgIpc) is 3.44. The molecule has 0 unspecified atom stereocenters. The van der Waals surface area contributed by atoms with Crippen molar-refractivity contribution in [2.45, 2.75) is 17.2 Å². The Kier molecular flexibility index (Phi) is 8.57.